The first kappa shape index (κ1) is 12.5. The summed E-state index contributed by atoms with van der Waals surface area (Å²) in [7, 11) is 0. The Kier molecular flexibility index (Phi) is 3.92. The van der Waals surface area contributed by atoms with Gasteiger partial charge in [-0.2, -0.15) is 0 Å². The van der Waals surface area contributed by atoms with Gasteiger partial charge in [-0.1, -0.05) is 36.5 Å². The van der Waals surface area contributed by atoms with Crippen LogP contribution in [-0.4, -0.2) is 10.1 Å². The molecule has 0 fully saturated rings. The van der Waals surface area contributed by atoms with Gasteiger partial charge in [0.25, 0.3) is 0 Å². The van der Waals surface area contributed by atoms with E-state index in [2.05, 4.69) is 0 Å². The van der Waals surface area contributed by atoms with Gasteiger partial charge in [0.2, 0.25) is 0 Å². The molecular weight excluding hydrogens is 246 g/mol. The Morgan fingerprint density at radius 1 is 1.17 bits per heavy atom. The Morgan fingerprint density at radius 3 is 2.67 bits per heavy atom. The van der Waals surface area contributed by atoms with E-state index < -0.39 is 0 Å². The molecule has 2 aromatic rings. The molecule has 3 N–H and O–H groups in total. The SMILES string of the molecule is NC(=S)c1ccccc1Oc1cccc(CO)c1. The highest BCUT2D eigenvalue weighted by Crippen LogP contribution is 2.25. The van der Waals surface area contributed by atoms with Gasteiger partial charge in [-0.05, 0) is 29.8 Å². The van der Waals surface area contributed by atoms with Crippen LogP contribution in [0.15, 0.2) is 48.5 Å². The lowest BCUT2D eigenvalue weighted by atomic mass is 10.2. The minimum Gasteiger partial charge on any atom is -0.457 e. The molecule has 2 aromatic carbocycles. The van der Waals surface area contributed by atoms with Crippen LogP contribution in [0.25, 0.3) is 0 Å². The molecule has 0 atom stereocenters. The molecule has 0 aliphatic rings. The van der Waals surface area contributed by atoms with Gasteiger partial charge in [0.1, 0.15) is 16.5 Å². The Labute approximate surface area is 111 Å². The van der Waals surface area contributed by atoms with Crippen molar-refractivity contribution in [2.45, 2.75) is 6.61 Å². The zero-order valence-electron chi connectivity index (χ0n) is 9.67. The van der Waals surface area contributed by atoms with Crippen molar-refractivity contribution >= 4 is 17.2 Å². The molecule has 4 heteroatoms. The zero-order valence-corrected chi connectivity index (χ0v) is 10.5. The summed E-state index contributed by atoms with van der Waals surface area (Å²) in [5.41, 5.74) is 7.12. The molecule has 0 saturated heterocycles. The summed E-state index contributed by atoms with van der Waals surface area (Å²) in [5.74, 6) is 1.25. The highest BCUT2D eigenvalue weighted by molar-refractivity contribution is 7.80. The molecule has 0 aliphatic heterocycles. The van der Waals surface area contributed by atoms with Crippen LogP contribution in [0.5, 0.6) is 11.5 Å². The Morgan fingerprint density at radius 2 is 1.94 bits per heavy atom. The number of nitrogens with two attached hydrogens (primary N) is 1. The minimum atomic E-state index is -0.0197. The van der Waals surface area contributed by atoms with E-state index in [0.717, 1.165) is 5.56 Å². The Balaban J connectivity index is 2.31. The fourth-order valence-corrected chi connectivity index (χ4v) is 1.76. The van der Waals surface area contributed by atoms with Crippen LogP contribution in [0.2, 0.25) is 0 Å². The second-order valence-electron chi connectivity index (χ2n) is 3.77. The van der Waals surface area contributed by atoms with Gasteiger partial charge in [0, 0.05) is 0 Å². The van der Waals surface area contributed by atoms with Crippen molar-refractivity contribution in [2.24, 2.45) is 5.73 Å². The minimum absolute atomic E-state index is 0.0197. The normalized spacial score (nSPS) is 10.1. The fraction of sp³-hybridized carbons (Fsp3) is 0.0714. The highest BCUT2D eigenvalue weighted by Gasteiger charge is 2.06. The van der Waals surface area contributed by atoms with E-state index in [-0.39, 0.29) is 6.61 Å². The largest absolute Gasteiger partial charge is 0.457 e. The number of thiocarbonyl (C=S) groups is 1. The van der Waals surface area contributed by atoms with E-state index >= 15 is 0 Å². The number of benzene rings is 2. The summed E-state index contributed by atoms with van der Waals surface area (Å²) in [5, 5.41) is 9.07. The predicted molar refractivity (Wildman–Crippen MR) is 74.8 cm³/mol. The van der Waals surface area contributed by atoms with Gasteiger partial charge in [0.05, 0.1) is 12.2 Å². The first-order valence-corrected chi connectivity index (χ1v) is 5.88. The molecule has 0 aliphatic carbocycles. The average Bonchev–Trinajstić information content (AvgIpc) is 2.39. The fourth-order valence-electron chi connectivity index (χ4n) is 1.59. The average molecular weight is 259 g/mol. The summed E-state index contributed by atoms with van der Waals surface area (Å²) in [6.07, 6.45) is 0. The monoisotopic (exact) mass is 259 g/mol. The van der Waals surface area contributed by atoms with Gasteiger partial charge >= 0.3 is 0 Å². The van der Waals surface area contributed by atoms with Crippen LogP contribution >= 0.6 is 12.2 Å². The smallest absolute Gasteiger partial charge is 0.137 e. The molecule has 92 valence electrons. The molecule has 0 unspecified atom stereocenters. The topological polar surface area (TPSA) is 55.5 Å². The van der Waals surface area contributed by atoms with Crippen molar-refractivity contribution in [3.63, 3.8) is 0 Å². The van der Waals surface area contributed by atoms with Crippen LogP contribution in [0.3, 0.4) is 0 Å². The first-order chi connectivity index (χ1) is 8.70. The van der Waals surface area contributed by atoms with Crippen molar-refractivity contribution in [2.75, 3.05) is 0 Å². The van der Waals surface area contributed by atoms with Crippen molar-refractivity contribution in [3.8, 4) is 11.5 Å². The van der Waals surface area contributed by atoms with E-state index in [4.69, 9.17) is 27.8 Å². The van der Waals surface area contributed by atoms with Crippen molar-refractivity contribution in [1.82, 2.24) is 0 Å². The second-order valence-corrected chi connectivity index (χ2v) is 4.21. The van der Waals surface area contributed by atoms with Gasteiger partial charge in [-0.3, -0.25) is 0 Å². The zero-order chi connectivity index (χ0) is 13.0. The van der Waals surface area contributed by atoms with E-state index in [1.807, 2.05) is 36.4 Å². The van der Waals surface area contributed by atoms with Crippen molar-refractivity contribution in [3.05, 3.63) is 59.7 Å². The van der Waals surface area contributed by atoms with Gasteiger partial charge in [0.15, 0.2) is 0 Å². The molecule has 0 heterocycles. The van der Waals surface area contributed by atoms with Crippen LogP contribution in [0.1, 0.15) is 11.1 Å². The third-order valence-electron chi connectivity index (χ3n) is 2.46. The van der Waals surface area contributed by atoms with Gasteiger partial charge in [-0.25, -0.2) is 0 Å². The van der Waals surface area contributed by atoms with E-state index in [0.29, 0.717) is 22.1 Å². The second kappa shape index (κ2) is 5.62. The predicted octanol–water partition coefficient (Wildman–Crippen LogP) is 2.61. The molecule has 0 saturated carbocycles. The standard InChI is InChI=1S/C14H13NO2S/c15-14(18)12-6-1-2-7-13(12)17-11-5-3-4-10(8-11)9-16/h1-8,16H,9H2,(H2,15,18). The maximum absolute atomic E-state index is 9.07. The first-order valence-electron chi connectivity index (χ1n) is 5.47. The number of hydrogen-bond acceptors (Lipinski definition) is 3. The third-order valence-corrected chi connectivity index (χ3v) is 2.68. The maximum Gasteiger partial charge on any atom is 0.137 e. The Hall–Kier alpha value is -1.91. The summed E-state index contributed by atoms with van der Waals surface area (Å²) < 4.78 is 5.73. The number of aliphatic hydroxyl groups is 1. The van der Waals surface area contributed by atoms with E-state index in [1.165, 1.54) is 0 Å². The van der Waals surface area contributed by atoms with Crippen molar-refractivity contribution in [1.29, 1.82) is 0 Å². The van der Waals surface area contributed by atoms with Crippen molar-refractivity contribution < 1.29 is 9.84 Å². The number of ether oxygens (including phenoxy) is 1. The number of rotatable bonds is 4. The molecule has 18 heavy (non-hydrogen) atoms. The molecule has 2 rings (SSSR count). The van der Waals surface area contributed by atoms with E-state index in [1.54, 1.807) is 12.1 Å². The van der Waals surface area contributed by atoms with E-state index in [9.17, 15) is 0 Å². The van der Waals surface area contributed by atoms with Gasteiger partial charge in [-0.15, -0.1) is 0 Å². The maximum atomic E-state index is 9.07. The molecular formula is C14H13NO2S. The molecule has 0 bridgehead atoms. The quantitative estimate of drug-likeness (QED) is 0.829. The molecule has 0 aromatic heterocycles. The van der Waals surface area contributed by atoms with Crippen LogP contribution in [-0.2, 0) is 6.61 Å². The summed E-state index contributed by atoms with van der Waals surface area (Å²) in [6.45, 7) is -0.0197. The third kappa shape index (κ3) is 2.85. The molecule has 0 amide bonds. The summed E-state index contributed by atoms with van der Waals surface area (Å²) in [4.78, 5) is 0.295. The summed E-state index contributed by atoms with van der Waals surface area (Å²) in [6, 6.07) is 14.6. The van der Waals surface area contributed by atoms with Crippen LogP contribution in [0, 0.1) is 0 Å². The number of hydrogen-bond donors (Lipinski definition) is 2. The number of aliphatic hydroxyl groups excluding tert-OH is 1. The lowest BCUT2D eigenvalue weighted by Crippen LogP contribution is -2.10. The molecule has 3 nitrogen and oxygen atoms in total. The molecule has 0 spiro atoms. The van der Waals surface area contributed by atoms with Gasteiger partial charge < -0.3 is 15.6 Å². The summed E-state index contributed by atoms with van der Waals surface area (Å²) >= 11 is 4.97. The lowest BCUT2D eigenvalue weighted by Gasteiger charge is -2.10. The highest BCUT2D eigenvalue weighted by atomic mass is 32.1. The van der Waals surface area contributed by atoms with Crippen LogP contribution < -0.4 is 10.5 Å². The van der Waals surface area contributed by atoms with Crippen LogP contribution in [0.4, 0.5) is 0 Å². The number of para-hydroxylation sites is 1. The Bertz CT molecular complexity index is 569. The lowest BCUT2D eigenvalue weighted by molar-refractivity contribution is 0.281. The molecule has 0 radical (unpaired) electrons.